The van der Waals surface area contributed by atoms with Crippen LogP contribution in [0, 0.1) is 0 Å². The maximum atomic E-state index is 10.1. The predicted octanol–water partition coefficient (Wildman–Crippen LogP) is 2.27. The Morgan fingerprint density at radius 2 is 2.17 bits per heavy atom. The summed E-state index contributed by atoms with van der Waals surface area (Å²) in [4.78, 5) is 0. The fourth-order valence-electron chi connectivity index (χ4n) is 2.42. The summed E-state index contributed by atoms with van der Waals surface area (Å²) in [5.41, 5.74) is 0.976. The highest BCUT2D eigenvalue weighted by molar-refractivity contribution is 5.17. The van der Waals surface area contributed by atoms with E-state index in [-0.39, 0.29) is 0 Å². The molecule has 100 valence electrons. The van der Waals surface area contributed by atoms with Crippen LogP contribution in [0.4, 0.5) is 0 Å². The Labute approximate surface area is 109 Å². The van der Waals surface area contributed by atoms with E-state index in [0.717, 1.165) is 31.4 Å². The molecule has 0 spiro atoms. The van der Waals surface area contributed by atoms with Gasteiger partial charge in [0.05, 0.1) is 12.2 Å². The van der Waals surface area contributed by atoms with E-state index in [4.69, 9.17) is 4.74 Å². The van der Waals surface area contributed by atoms with Gasteiger partial charge in [-0.3, -0.25) is 0 Å². The molecule has 1 aliphatic heterocycles. The number of hydrogen-bond donors (Lipinski definition) is 2. The van der Waals surface area contributed by atoms with E-state index in [1.165, 1.54) is 0 Å². The van der Waals surface area contributed by atoms with Gasteiger partial charge in [-0.05, 0) is 24.8 Å². The number of aliphatic hydroxyl groups excluding tert-OH is 1. The highest BCUT2D eigenvalue weighted by atomic mass is 16.5. The zero-order valence-corrected chi connectivity index (χ0v) is 11.0. The Hall–Kier alpha value is -0.900. The van der Waals surface area contributed by atoms with Crippen molar-refractivity contribution in [1.29, 1.82) is 0 Å². The SMILES string of the molecule is CCC1CC(NCC(O)c2ccccc2)CCO1. The Bertz CT molecular complexity index is 342. The lowest BCUT2D eigenvalue weighted by atomic mass is 10.0. The zero-order valence-electron chi connectivity index (χ0n) is 11.0. The minimum absolute atomic E-state index is 0.380. The van der Waals surface area contributed by atoms with Crippen molar-refractivity contribution in [2.75, 3.05) is 13.2 Å². The number of benzene rings is 1. The van der Waals surface area contributed by atoms with E-state index in [9.17, 15) is 5.11 Å². The molecule has 0 aromatic heterocycles. The molecule has 0 saturated carbocycles. The first-order valence-electron chi connectivity index (χ1n) is 6.87. The molecule has 1 aromatic rings. The summed E-state index contributed by atoms with van der Waals surface area (Å²) in [6.07, 6.45) is 3.12. The van der Waals surface area contributed by atoms with Gasteiger partial charge in [0.25, 0.3) is 0 Å². The van der Waals surface area contributed by atoms with Gasteiger partial charge in [0.2, 0.25) is 0 Å². The summed E-state index contributed by atoms with van der Waals surface area (Å²) < 4.78 is 5.65. The molecule has 2 N–H and O–H groups in total. The minimum Gasteiger partial charge on any atom is -0.387 e. The van der Waals surface area contributed by atoms with Crippen LogP contribution < -0.4 is 5.32 Å². The normalized spacial score (nSPS) is 25.9. The molecule has 0 amide bonds. The second kappa shape index (κ2) is 6.88. The molecule has 1 aliphatic rings. The molecule has 1 heterocycles. The molecule has 1 aromatic carbocycles. The lowest BCUT2D eigenvalue weighted by Crippen LogP contribution is -2.40. The Morgan fingerprint density at radius 1 is 1.39 bits per heavy atom. The lowest BCUT2D eigenvalue weighted by Gasteiger charge is -2.30. The smallest absolute Gasteiger partial charge is 0.0914 e. The van der Waals surface area contributed by atoms with Crippen molar-refractivity contribution in [2.24, 2.45) is 0 Å². The summed E-state index contributed by atoms with van der Waals surface area (Å²) in [6, 6.07) is 10.3. The van der Waals surface area contributed by atoms with Gasteiger partial charge in [-0.1, -0.05) is 37.3 Å². The molecule has 3 unspecified atom stereocenters. The molecule has 3 nitrogen and oxygen atoms in total. The van der Waals surface area contributed by atoms with Crippen LogP contribution in [-0.4, -0.2) is 30.4 Å². The van der Waals surface area contributed by atoms with Crippen LogP contribution in [0.5, 0.6) is 0 Å². The molecule has 0 aliphatic carbocycles. The molecular formula is C15H23NO2. The molecular weight excluding hydrogens is 226 g/mol. The molecule has 1 saturated heterocycles. The van der Waals surface area contributed by atoms with Gasteiger partial charge < -0.3 is 15.2 Å². The summed E-state index contributed by atoms with van der Waals surface area (Å²) in [7, 11) is 0. The zero-order chi connectivity index (χ0) is 12.8. The van der Waals surface area contributed by atoms with Gasteiger partial charge >= 0.3 is 0 Å². The number of rotatable bonds is 5. The first-order valence-corrected chi connectivity index (χ1v) is 6.87. The molecule has 0 bridgehead atoms. The monoisotopic (exact) mass is 249 g/mol. The van der Waals surface area contributed by atoms with Crippen molar-refractivity contribution in [3.05, 3.63) is 35.9 Å². The summed E-state index contributed by atoms with van der Waals surface area (Å²) >= 11 is 0. The van der Waals surface area contributed by atoms with Gasteiger partial charge in [-0.15, -0.1) is 0 Å². The maximum Gasteiger partial charge on any atom is 0.0914 e. The number of nitrogens with one attached hydrogen (secondary N) is 1. The second-order valence-corrected chi connectivity index (χ2v) is 4.96. The second-order valence-electron chi connectivity index (χ2n) is 4.96. The van der Waals surface area contributed by atoms with Crippen LogP contribution in [0.15, 0.2) is 30.3 Å². The van der Waals surface area contributed by atoms with Crippen LogP contribution in [0.1, 0.15) is 37.9 Å². The summed E-state index contributed by atoms with van der Waals surface area (Å²) in [6.45, 7) is 3.61. The fourth-order valence-corrected chi connectivity index (χ4v) is 2.42. The quantitative estimate of drug-likeness (QED) is 0.841. The van der Waals surface area contributed by atoms with E-state index >= 15 is 0 Å². The Balaban J connectivity index is 1.77. The van der Waals surface area contributed by atoms with Gasteiger partial charge in [0.15, 0.2) is 0 Å². The third-order valence-electron chi connectivity index (χ3n) is 3.61. The van der Waals surface area contributed by atoms with E-state index < -0.39 is 6.10 Å². The van der Waals surface area contributed by atoms with E-state index in [0.29, 0.717) is 18.7 Å². The van der Waals surface area contributed by atoms with Crippen molar-refractivity contribution < 1.29 is 9.84 Å². The van der Waals surface area contributed by atoms with Crippen LogP contribution in [0.2, 0.25) is 0 Å². The Morgan fingerprint density at radius 3 is 2.89 bits per heavy atom. The van der Waals surface area contributed by atoms with Gasteiger partial charge in [0, 0.05) is 19.2 Å². The average Bonchev–Trinajstić information content (AvgIpc) is 2.46. The molecule has 2 rings (SSSR count). The largest absolute Gasteiger partial charge is 0.387 e. The van der Waals surface area contributed by atoms with E-state index in [1.54, 1.807) is 0 Å². The maximum absolute atomic E-state index is 10.1. The average molecular weight is 249 g/mol. The minimum atomic E-state index is -0.422. The highest BCUT2D eigenvalue weighted by Gasteiger charge is 2.21. The van der Waals surface area contributed by atoms with Crippen LogP contribution in [0.3, 0.4) is 0 Å². The van der Waals surface area contributed by atoms with Crippen LogP contribution in [0.25, 0.3) is 0 Å². The molecule has 3 heteroatoms. The van der Waals surface area contributed by atoms with Crippen molar-refractivity contribution in [2.45, 2.75) is 44.4 Å². The van der Waals surface area contributed by atoms with Gasteiger partial charge in [-0.25, -0.2) is 0 Å². The first kappa shape index (κ1) is 13.5. The van der Waals surface area contributed by atoms with Crippen molar-refractivity contribution in [1.82, 2.24) is 5.32 Å². The van der Waals surface area contributed by atoms with Crippen LogP contribution in [-0.2, 0) is 4.74 Å². The van der Waals surface area contributed by atoms with Crippen LogP contribution >= 0.6 is 0 Å². The molecule has 1 fully saturated rings. The fraction of sp³-hybridized carbons (Fsp3) is 0.600. The van der Waals surface area contributed by atoms with Gasteiger partial charge in [0.1, 0.15) is 0 Å². The number of hydrogen-bond acceptors (Lipinski definition) is 3. The molecule has 0 radical (unpaired) electrons. The third-order valence-corrected chi connectivity index (χ3v) is 3.61. The molecule has 18 heavy (non-hydrogen) atoms. The standard InChI is InChI=1S/C15H23NO2/c1-2-14-10-13(8-9-18-14)16-11-15(17)12-6-4-3-5-7-12/h3-7,13-17H,2,8-11H2,1H3. The number of aliphatic hydroxyl groups is 1. The third kappa shape index (κ3) is 3.80. The van der Waals surface area contributed by atoms with Crippen molar-refractivity contribution in [3.8, 4) is 0 Å². The highest BCUT2D eigenvalue weighted by Crippen LogP contribution is 2.17. The lowest BCUT2D eigenvalue weighted by molar-refractivity contribution is -0.00204. The molecule has 3 atom stereocenters. The topological polar surface area (TPSA) is 41.5 Å². The number of ether oxygens (including phenoxy) is 1. The summed E-state index contributed by atoms with van der Waals surface area (Å²) in [5.74, 6) is 0. The first-order chi connectivity index (χ1) is 8.79. The van der Waals surface area contributed by atoms with E-state index in [1.807, 2.05) is 30.3 Å². The predicted molar refractivity (Wildman–Crippen MR) is 72.5 cm³/mol. The Kier molecular flexibility index (Phi) is 5.17. The van der Waals surface area contributed by atoms with Crippen molar-refractivity contribution in [3.63, 3.8) is 0 Å². The summed E-state index contributed by atoms with van der Waals surface area (Å²) in [5, 5.41) is 13.5. The van der Waals surface area contributed by atoms with Gasteiger partial charge in [-0.2, -0.15) is 0 Å². The van der Waals surface area contributed by atoms with Crippen molar-refractivity contribution >= 4 is 0 Å². The van der Waals surface area contributed by atoms with E-state index in [2.05, 4.69) is 12.2 Å².